The Morgan fingerprint density at radius 3 is 2.63 bits per heavy atom. The van der Waals surface area contributed by atoms with Gasteiger partial charge in [-0.3, -0.25) is 0 Å². The van der Waals surface area contributed by atoms with Gasteiger partial charge in [0.15, 0.2) is 5.69 Å². The number of allylic oxidation sites excluding steroid dienone is 1. The van der Waals surface area contributed by atoms with Gasteiger partial charge in [0.05, 0.1) is 11.2 Å². The Hall–Kier alpha value is -3.94. The second-order valence-corrected chi connectivity index (χ2v) is 12.1. The summed E-state index contributed by atoms with van der Waals surface area (Å²) in [5.74, 6) is 1.15. The lowest BCUT2D eigenvalue weighted by molar-refractivity contribution is 0.0693. The summed E-state index contributed by atoms with van der Waals surface area (Å²) in [6, 6.07) is 11.5. The fourth-order valence-electron chi connectivity index (χ4n) is 6.88. The van der Waals surface area contributed by atoms with Gasteiger partial charge in [-0.2, -0.15) is 0 Å². The van der Waals surface area contributed by atoms with Crippen LogP contribution in [0.5, 0.6) is 0 Å². The van der Waals surface area contributed by atoms with E-state index >= 15 is 0 Å². The number of benzene rings is 1. The van der Waals surface area contributed by atoms with E-state index in [4.69, 9.17) is 4.52 Å². The van der Waals surface area contributed by atoms with Gasteiger partial charge in [-0.25, -0.2) is 14.2 Å². The molecule has 8 heteroatoms. The van der Waals surface area contributed by atoms with Crippen molar-refractivity contribution in [3.63, 3.8) is 0 Å². The van der Waals surface area contributed by atoms with Gasteiger partial charge in [0.2, 0.25) is 0 Å². The van der Waals surface area contributed by atoms with Crippen LogP contribution in [-0.4, -0.2) is 38.7 Å². The van der Waals surface area contributed by atoms with Crippen molar-refractivity contribution in [2.24, 2.45) is 5.41 Å². The Morgan fingerprint density at radius 1 is 1.20 bits per heavy atom. The second-order valence-electron chi connectivity index (χ2n) is 12.1. The van der Waals surface area contributed by atoms with Crippen LogP contribution in [0.1, 0.15) is 97.7 Å². The Kier molecular flexibility index (Phi) is 6.25. The average Bonchev–Trinajstić information content (AvgIpc) is 3.61. The molecular formula is C33H35FN4O3. The lowest BCUT2D eigenvalue weighted by Crippen LogP contribution is -2.44. The SMILES string of the molecule is CCc1nc(C(=O)O)c2ccc(N3CCC4(CC3)CC(=Cc3c(-c5ccccc5C(C)F)noc3C3CC3)C4)cn12. The highest BCUT2D eigenvalue weighted by molar-refractivity contribution is 5.94. The van der Waals surface area contributed by atoms with E-state index in [1.54, 1.807) is 6.92 Å². The first-order valence-electron chi connectivity index (χ1n) is 14.8. The molecule has 0 radical (unpaired) electrons. The maximum absolute atomic E-state index is 14.5. The summed E-state index contributed by atoms with van der Waals surface area (Å²) in [6.07, 6.45) is 10.5. The highest BCUT2D eigenvalue weighted by Crippen LogP contribution is 2.54. The third-order valence-electron chi connectivity index (χ3n) is 9.30. The monoisotopic (exact) mass is 554 g/mol. The lowest BCUT2D eigenvalue weighted by Gasteiger charge is -2.50. The van der Waals surface area contributed by atoms with Crippen LogP contribution in [0.2, 0.25) is 0 Å². The van der Waals surface area contributed by atoms with Crippen molar-refractivity contribution in [2.45, 2.75) is 70.9 Å². The topological polar surface area (TPSA) is 83.9 Å². The van der Waals surface area contributed by atoms with E-state index in [1.165, 1.54) is 5.57 Å². The van der Waals surface area contributed by atoms with Crippen molar-refractivity contribution >= 4 is 23.2 Å². The van der Waals surface area contributed by atoms with Crippen molar-refractivity contribution in [1.29, 1.82) is 0 Å². The number of rotatable bonds is 7. The minimum Gasteiger partial charge on any atom is -0.476 e. The van der Waals surface area contributed by atoms with E-state index in [0.29, 0.717) is 28.8 Å². The number of aromatic nitrogens is 3. The summed E-state index contributed by atoms with van der Waals surface area (Å²) in [5, 5.41) is 14.0. The van der Waals surface area contributed by atoms with Crippen molar-refractivity contribution in [2.75, 3.05) is 18.0 Å². The Labute approximate surface area is 238 Å². The molecule has 2 aliphatic carbocycles. The summed E-state index contributed by atoms with van der Waals surface area (Å²) in [5.41, 5.74) is 6.88. The van der Waals surface area contributed by atoms with Gasteiger partial charge in [-0.15, -0.1) is 0 Å². The van der Waals surface area contributed by atoms with Crippen LogP contribution in [0.25, 0.3) is 22.9 Å². The zero-order valence-corrected chi connectivity index (χ0v) is 23.6. The molecule has 2 saturated carbocycles. The van der Waals surface area contributed by atoms with Crippen molar-refractivity contribution in [3.05, 3.63) is 76.6 Å². The van der Waals surface area contributed by atoms with E-state index in [-0.39, 0.29) is 5.69 Å². The number of carbonyl (C=O) groups is 1. The van der Waals surface area contributed by atoms with Gasteiger partial charge in [0.25, 0.3) is 0 Å². The number of carboxylic acid groups (broad SMARTS) is 1. The van der Waals surface area contributed by atoms with Gasteiger partial charge in [-0.1, -0.05) is 41.9 Å². The molecule has 0 bridgehead atoms. The standard InChI is InChI=1S/C33H35FN4O3/c1-3-28-35-30(32(39)40)27-11-10-23(19-38(27)28)37-14-12-33(13-15-37)17-21(18-33)16-26-29(36-41-31(26)22-8-9-22)25-7-5-4-6-24(25)20(2)34/h4-7,10-11,16,19-20,22H,3,8-9,12-15,17-18H2,1-2H3,(H,39,40). The lowest BCUT2D eigenvalue weighted by atomic mass is 9.60. The molecule has 4 heterocycles. The summed E-state index contributed by atoms with van der Waals surface area (Å²) in [7, 11) is 0. The van der Waals surface area contributed by atoms with Gasteiger partial charge < -0.3 is 18.9 Å². The van der Waals surface area contributed by atoms with Crippen LogP contribution in [0.15, 0.2) is 52.7 Å². The van der Waals surface area contributed by atoms with Crippen LogP contribution in [0.4, 0.5) is 10.1 Å². The third-order valence-corrected chi connectivity index (χ3v) is 9.30. The molecular weight excluding hydrogens is 519 g/mol. The fraction of sp³-hybridized carbons (Fsp3) is 0.424. The number of fused-ring (bicyclic) bond motifs is 1. The summed E-state index contributed by atoms with van der Waals surface area (Å²) >= 11 is 0. The number of aromatic carboxylic acids is 1. The van der Waals surface area contributed by atoms with E-state index < -0.39 is 12.1 Å². The number of nitrogens with zero attached hydrogens (tertiary/aromatic N) is 4. The van der Waals surface area contributed by atoms with Crippen LogP contribution in [-0.2, 0) is 6.42 Å². The number of hydrogen-bond donors (Lipinski definition) is 1. The molecule has 4 aromatic rings. The molecule has 7 nitrogen and oxygen atoms in total. The molecule has 3 fully saturated rings. The third kappa shape index (κ3) is 4.53. The van der Waals surface area contributed by atoms with E-state index in [1.807, 2.05) is 53.9 Å². The molecule has 41 heavy (non-hydrogen) atoms. The number of anilines is 1. The first kappa shape index (κ1) is 26.0. The van der Waals surface area contributed by atoms with Crippen LogP contribution in [0, 0.1) is 5.41 Å². The molecule has 1 spiro atoms. The number of aryl methyl sites for hydroxylation is 1. The van der Waals surface area contributed by atoms with Crippen molar-refractivity contribution < 1.29 is 18.8 Å². The second kappa shape index (κ2) is 9.86. The average molecular weight is 555 g/mol. The fourth-order valence-corrected chi connectivity index (χ4v) is 6.88. The van der Waals surface area contributed by atoms with E-state index in [9.17, 15) is 14.3 Å². The summed E-state index contributed by atoms with van der Waals surface area (Å²) in [6.45, 7) is 5.50. The molecule has 1 saturated heterocycles. The molecule has 7 rings (SSSR count). The molecule has 1 unspecified atom stereocenters. The van der Waals surface area contributed by atoms with Gasteiger partial charge in [0.1, 0.15) is 23.5 Å². The van der Waals surface area contributed by atoms with Gasteiger partial charge in [0, 0.05) is 42.8 Å². The number of piperidine rings is 1. The smallest absolute Gasteiger partial charge is 0.356 e. The van der Waals surface area contributed by atoms with Crippen LogP contribution >= 0.6 is 0 Å². The number of alkyl halides is 1. The minimum absolute atomic E-state index is 0.114. The van der Waals surface area contributed by atoms with Crippen LogP contribution in [0.3, 0.4) is 0 Å². The molecule has 1 aromatic carbocycles. The largest absolute Gasteiger partial charge is 0.476 e. The number of halogens is 1. The molecule has 212 valence electrons. The summed E-state index contributed by atoms with van der Waals surface area (Å²) < 4.78 is 22.3. The maximum Gasteiger partial charge on any atom is 0.356 e. The number of imidazole rings is 1. The Morgan fingerprint density at radius 2 is 1.95 bits per heavy atom. The van der Waals surface area contributed by atoms with Crippen molar-refractivity contribution in [3.8, 4) is 11.3 Å². The zero-order valence-electron chi connectivity index (χ0n) is 23.6. The van der Waals surface area contributed by atoms with E-state index in [0.717, 1.165) is 85.7 Å². The highest BCUT2D eigenvalue weighted by atomic mass is 19.1. The predicted molar refractivity (Wildman–Crippen MR) is 156 cm³/mol. The Bertz CT molecular complexity index is 1660. The molecule has 1 aliphatic heterocycles. The van der Waals surface area contributed by atoms with E-state index in [2.05, 4.69) is 21.1 Å². The number of pyridine rings is 1. The number of carboxylic acids is 1. The highest BCUT2D eigenvalue weighted by Gasteiger charge is 2.43. The van der Waals surface area contributed by atoms with Crippen LogP contribution < -0.4 is 4.90 Å². The summed E-state index contributed by atoms with van der Waals surface area (Å²) in [4.78, 5) is 18.4. The first-order valence-corrected chi connectivity index (χ1v) is 14.8. The maximum atomic E-state index is 14.5. The molecule has 3 aromatic heterocycles. The molecule has 1 N–H and O–H groups in total. The molecule has 1 atom stereocenters. The minimum atomic E-state index is -1.08. The normalized spacial score (nSPS) is 19.0. The first-order chi connectivity index (χ1) is 19.9. The quantitative estimate of drug-likeness (QED) is 0.253. The molecule has 0 amide bonds. The zero-order chi connectivity index (χ0) is 28.3. The number of hydrogen-bond acceptors (Lipinski definition) is 5. The predicted octanol–water partition coefficient (Wildman–Crippen LogP) is 7.62. The Balaban J connectivity index is 1.09. The van der Waals surface area contributed by atoms with Gasteiger partial charge in [-0.05, 0) is 74.6 Å². The molecule has 3 aliphatic rings. The van der Waals surface area contributed by atoms with Crippen molar-refractivity contribution in [1.82, 2.24) is 14.5 Å². The van der Waals surface area contributed by atoms with Gasteiger partial charge >= 0.3 is 5.97 Å².